The van der Waals surface area contributed by atoms with Crippen molar-refractivity contribution in [3.63, 3.8) is 0 Å². The maximum Gasteiger partial charge on any atom is 0.416 e. The van der Waals surface area contributed by atoms with E-state index in [9.17, 15) is 35.9 Å². The van der Waals surface area contributed by atoms with Gasteiger partial charge in [-0.3, -0.25) is 0 Å². The summed E-state index contributed by atoms with van der Waals surface area (Å²) in [6, 6.07) is 17.9. The van der Waals surface area contributed by atoms with E-state index < -0.39 is 35.4 Å². The average molecular weight is 607 g/mol. The molecule has 0 amide bonds. The minimum Gasteiger partial charge on any atom is -0.497 e. The molecular weight excluding hydrogens is 582 g/mol. The molecule has 4 aromatic rings. The number of alkyl halides is 6. The van der Waals surface area contributed by atoms with Gasteiger partial charge in [0.05, 0.1) is 43.6 Å². The van der Waals surface area contributed by atoms with E-state index >= 15 is 0 Å². The first-order valence-corrected chi connectivity index (χ1v) is 12.2. The van der Waals surface area contributed by atoms with Crippen LogP contribution in [0.25, 0.3) is 22.3 Å². The first kappa shape index (κ1) is 32.5. The SMILES string of the molecule is COC(=O)c1ccc(OC)cc1-c1ccc(C(F)(F)F)cc1.COc1ccc(C(=O)O)c(-c2ccc(C(F)(F)F)cc2)c1. The molecule has 0 heterocycles. The van der Waals surface area contributed by atoms with E-state index in [0.717, 1.165) is 24.3 Å². The number of aromatic carboxylic acids is 1. The molecule has 1 N–H and O–H groups in total. The van der Waals surface area contributed by atoms with E-state index in [1.807, 2.05) is 0 Å². The number of carbonyl (C=O) groups is 2. The number of hydrogen-bond acceptors (Lipinski definition) is 5. The Morgan fingerprint density at radius 3 is 1.28 bits per heavy atom. The molecule has 226 valence electrons. The lowest BCUT2D eigenvalue weighted by atomic mass is 9.98. The van der Waals surface area contributed by atoms with Crippen molar-refractivity contribution in [3.8, 4) is 33.8 Å². The fourth-order valence-electron chi connectivity index (χ4n) is 3.93. The van der Waals surface area contributed by atoms with Crippen LogP contribution in [0.2, 0.25) is 0 Å². The van der Waals surface area contributed by atoms with Crippen LogP contribution in [0.4, 0.5) is 26.3 Å². The van der Waals surface area contributed by atoms with Crippen LogP contribution in [-0.2, 0) is 17.1 Å². The monoisotopic (exact) mass is 606 g/mol. The zero-order chi connectivity index (χ0) is 31.9. The number of carboxylic acid groups (broad SMARTS) is 1. The molecule has 0 radical (unpaired) electrons. The number of esters is 1. The fourth-order valence-corrected chi connectivity index (χ4v) is 3.93. The van der Waals surface area contributed by atoms with E-state index in [2.05, 4.69) is 0 Å². The van der Waals surface area contributed by atoms with Gasteiger partial charge >= 0.3 is 24.3 Å². The van der Waals surface area contributed by atoms with Crippen molar-refractivity contribution in [1.29, 1.82) is 0 Å². The quantitative estimate of drug-likeness (QED) is 0.176. The van der Waals surface area contributed by atoms with Crippen LogP contribution in [0.3, 0.4) is 0 Å². The van der Waals surface area contributed by atoms with Gasteiger partial charge in [0.25, 0.3) is 0 Å². The van der Waals surface area contributed by atoms with E-state index in [1.54, 1.807) is 12.1 Å². The number of hydrogen-bond donors (Lipinski definition) is 1. The van der Waals surface area contributed by atoms with Gasteiger partial charge in [-0.2, -0.15) is 26.3 Å². The van der Waals surface area contributed by atoms with Crippen LogP contribution >= 0.6 is 0 Å². The fraction of sp³-hybridized carbons (Fsp3) is 0.161. The van der Waals surface area contributed by atoms with Crippen molar-refractivity contribution in [2.75, 3.05) is 21.3 Å². The maximum absolute atomic E-state index is 12.6. The van der Waals surface area contributed by atoms with Gasteiger partial charge in [-0.25, -0.2) is 9.59 Å². The number of carboxylic acids is 1. The Bertz CT molecular complexity index is 1580. The predicted molar refractivity (Wildman–Crippen MR) is 145 cm³/mol. The highest BCUT2D eigenvalue weighted by atomic mass is 19.4. The molecule has 0 atom stereocenters. The molecule has 0 spiro atoms. The van der Waals surface area contributed by atoms with Crippen molar-refractivity contribution in [2.24, 2.45) is 0 Å². The van der Waals surface area contributed by atoms with Crippen molar-refractivity contribution < 1.29 is 55.2 Å². The normalized spacial score (nSPS) is 11.2. The minimum atomic E-state index is -4.43. The Labute approximate surface area is 242 Å². The third kappa shape index (κ3) is 8.06. The number of benzene rings is 4. The Kier molecular flexibility index (Phi) is 10.1. The molecule has 0 bridgehead atoms. The molecule has 0 unspecified atom stereocenters. The lowest BCUT2D eigenvalue weighted by Crippen LogP contribution is -2.05. The van der Waals surface area contributed by atoms with Gasteiger partial charge in [-0.1, -0.05) is 24.3 Å². The standard InChI is InChI=1S/C16H13F3O3.C15H11F3O3/c1-21-12-7-8-13(15(20)22-2)14(9-12)10-3-5-11(6-4-10)16(17,18)19;1-21-11-6-7-12(14(19)20)13(8-11)9-2-4-10(5-3-9)15(16,17)18/h3-9H,1-2H3;2-8H,1H3,(H,19,20). The second-order valence-corrected chi connectivity index (χ2v) is 8.77. The number of carbonyl (C=O) groups excluding carboxylic acids is 1. The Morgan fingerprint density at radius 2 is 0.953 bits per heavy atom. The van der Waals surface area contributed by atoms with Crippen molar-refractivity contribution in [3.05, 3.63) is 107 Å². The molecule has 0 saturated carbocycles. The summed E-state index contributed by atoms with van der Waals surface area (Å²) in [6.07, 6.45) is -8.83. The molecule has 43 heavy (non-hydrogen) atoms. The number of methoxy groups -OCH3 is 3. The molecule has 4 rings (SSSR count). The summed E-state index contributed by atoms with van der Waals surface area (Å²) in [6.45, 7) is 0. The number of halogens is 6. The van der Waals surface area contributed by atoms with Crippen molar-refractivity contribution in [2.45, 2.75) is 12.4 Å². The highest BCUT2D eigenvalue weighted by Crippen LogP contribution is 2.34. The van der Waals surface area contributed by atoms with Crippen LogP contribution in [-0.4, -0.2) is 38.4 Å². The highest BCUT2D eigenvalue weighted by molar-refractivity contribution is 5.98. The maximum atomic E-state index is 12.6. The summed E-state index contributed by atoms with van der Waals surface area (Å²) in [7, 11) is 4.12. The minimum absolute atomic E-state index is 0.00411. The zero-order valence-electron chi connectivity index (χ0n) is 22.8. The largest absolute Gasteiger partial charge is 0.497 e. The van der Waals surface area contributed by atoms with Gasteiger partial charge in [-0.05, 0) is 82.9 Å². The molecule has 4 aromatic carbocycles. The second kappa shape index (κ2) is 13.3. The molecule has 0 aliphatic heterocycles. The van der Waals surface area contributed by atoms with Crippen LogP contribution in [0.1, 0.15) is 31.8 Å². The molecule has 0 aliphatic carbocycles. The third-order valence-corrected chi connectivity index (χ3v) is 6.14. The van der Waals surface area contributed by atoms with Gasteiger partial charge in [0.1, 0.15) is 11.5 Å². The Hall–Kier alpha value is -5.00. The Morgan fingerprint density at radius 1 is 0.581 bits per heavy atom. The van der Waals surface area contributed by atoms with Crippen molar-refractivity contribution >= 4 is 11.9 Å². The molecule has 0 aromatic heterocycles. The van der Waals surface area contributed by atoms with Crippen LogP contribution in [0.15, 0.2) is 84.9 Å². The summed E-state index contributed by atoms with van der Waals surface area (Å²) in [5.41, 5.74) is 0.297. The third-order valence-electron chi connectivity index (χ3n) is 6.14. The van der Waals surface area contributed by atoms with Gasteiger partial charge in [-0.15, -0.1) is 0 Å². The average Bonchev–Trinajstić information content (AvgIpc) is 2.99. The smallest absolute Gasteiger partial charge is 0.416 e. The summed E-state index contributed by atoms with van der Waals surface area (Å²) in [5.74, 6) is -0.817. The lowest BCUT2D eigenvalue weighted by molar-refractivity contribution is -0.138. The topological polar surface area (TPSA) is 82.1 Å². The second-order valence-electron chi connectivity index (χ2n) is 8.77. The first-order valence-electron chi connectivity index (χ1n) is 12.2. The Balaban J connectivity index is 0.000000236. The summed E-state index contributed by atoms with van der Waals surface area (Å²) in [4.78, 5) is 23.0. The number of ether oxygens (including phenoxy) is 3. The van der Waals surface area contributed by atoms with E-state index in [4.69, 9.17) is 19.3 Å². The number of rotatable bonds is 6. The molecule has 0 fully saturated rings. The van der Waals surface area contributed by atoms with Crippen LogP contribution in [0, 0.1) is 0 Å². The molecule has 0 saturated heterocycles. The van der Waals surface area contributed by atoms with Gasteiger partial charge in [0.2, 0.25) is 0 Å². The van der Waals surface area contributed by atoms with E-state index in [-0.39, 0.29) is 11.1 Å². The summed E-state index contributed by atoms with van der Waals surface area (Å²) in [5, 5.41) is 9.15. The van der Waals surface area contributed by atoms with Gasteiger partial charge in [0, 0.05) is 0 Å². The predicted octanol–water partition coefficient (Wildman–Crippen LogP) is 8.25. The van der Waals surface area contributed by atoms with Gasteiger partial charge in [0.15, 0.2) is 0 Å². The molecule has 6 nitrogen and oxygen atoms in total. The van der Waals surface area contributed by atoms with Crippen molar-refractivity contribution in [1.82, 2.24) is 0 Å². The van der Waals surface area contributed by atoms with E-state index in [0.29, 0.717) is 33.8 Å². The van der Waals surface area contributed by atoms with Gasteiger partial charge < -0.3 is 19.3 Å². The molecule has 0 aliphatic rings. The summed E-state index contributed by atoms with van der Waals surface area (Å²) >= 11 is 0. The molecule has 12 heteroatoms. The first-order chi connectivity index (χ1) is 20.2. The van der Waals surface area contributed by atoms with Crippen LogP contribution < -0.4 is 9.47 Å². The highest BCUT2D eigenvalue weighted by Gasteiger charge is 2.31. The molecular formula is C31H24F6O6. The lowest BCUT2D eigenvalue weighted by Gasteiger charge is -2.12. The van der Waals surface area contributed by atoms with E-state index in [1.165, 1.54) is 69.9 Å². The summed E-state index contributed by atoms with van der Waals surface area (Å²) < 4.78 is 90.2. The van der Waals surface area contributed by atoms with Crippen LogP contribution in [0.5, 0.6) is 11.5 Å². The zero-order valence-corrected chi connectivity index (χ0v) is 22.8.